The molecule has 1 N–H and O–H groups in total. The van der Waals surface area contributed by atoms with E-state index in [4.69, 9.17) is 23.2 Å². The zero-order valence-corrected chi connectivity index (χ0v) is 15.2. The minimum Gasteiger partial charge on any atom is -0.339 e. The van der Waals surface area contributed by atoms with E-state index in [-0.39, 0.29) is 33.3 Å². The van der Waals surface area contributed by atoms with E-state index in [1.165, 1.54) is 22.9 Å². The van der Waals surface area contributed by atoms with Crippen molar-refractivity contribution < 1.29 is 14.0 Å². The Morgan fingerprint density at radius 3 is 2.60 bits per heavy atom. The van der Waals surface area contributed by atoms with Crippen LogP contribution in [-0.2, 0) is 4.79 Å². The molecule has 1 aliphatic rings. The topological polar surface area (TPSA) is 75.2 Å². The van der Waals surface area contributed by atoms with Gasteiger partial charge < -0.3 is 10.2 Å². The Balaban J connectivity index is 1.61. The number of halogens is 3. The van der Waals surface area contributed by atoms with Gasteiger partial charge in [0.1, 0.15) is 11.3 Å². The molecule has 1 aromatic carbocycles. The quantitative estimate of drug-likeness (QED) is 0.797. The first-order valence-corrected chi connectivity index (χ1v) is 9.10. The standard InChI is InChI=1S/C15H13Cl2FN4O2S/c16-10-6-11(17)12(18)5-9(10)14(24)22-3-1-8(2-4-22)13(23)20-15-21-19-7-25-15/h5-8H,1-4H2,(H,20,21,23). The molecule has 0 radical (unpaired) electrons. The van der Waals surface area contributed by atoms with Crippen molar-refractivity contribution in [1.82, 2.24) is 15.1 Å². The van der Waals surface area contributed by atoms with E-state index in [2.05, 4.69) is 15.5 Å². The lowest BCUT2D eigenvalue weighted by molar-refractivity contribution is -0.121. The number of piperidine rings is 1. The number of rotatable bonds is 3. The highest BCUT2D eigenvalue weighted by Gasteiger charge is 2.29. The predicted octanol–water partition coefficient (Wildman–Crippen LogP) is 3.47. The fourth-order valence-electron chi connectivity index (χ4n) is 2.64. The Bertz CT molecular complexity index is 795. The summed E-state index contributed by atoms with van der Waals surface area (Å²) in [5, 5.41) is 10.6. The van der Waals surface area contributed by atoms with E-state index in [1.807, 2.05) is 0 Å². The zero-order chi connectivity index (χ0) is 18.0. The Morgan fingerprint density at radius 2 is 1.96 bits per heavy atom. The molecule has 1 fully saturated rings. The van der Waals surface area contributed by atoms with Crippen LogP contribution in [0.15, 0.2) is 17.6 Å². The van der Waals surface area contributed by atoms with Crippen molar-refractivity contribution in [3.63, 3.8) is 0 Å². The van der Waals surface area contributed by atoms with Crippen molar-refractivity contribution in [2.75, 3.05) is 18.4 Å². The van der Waals surface area contributed by atoms with Gasteiger partial charge in [0.2, 0.25) is 11.0 Å². The van der Waals surface area contributed by atoms with Gasteiger partial charge in [-0.25, -0.2) is 4.39 Å². The van der Waals surface area contributed by atoms with Gasteiger partial charge in [-0.15, -0.1) is 10.2 Å². The zero-order valence-electron chi connectivity index (χ0n) is 12.8. The van der Waals surface area contributed by atoms with E-state index in [1.54, 1.807) is 4.90 Å². The molecule has 3 rings (SSSR count). The fraction of sp³-hybridized carbons (Fsp3) is 0.333. The van der Waals surface area contributed by atoms with Crippen LogP contribution in [0, 0.1) is 11.7 Å². The number of hydrogen-bond acceptors (Lipinski definition) is 5. The molecule has 0 bridgehead atoms. The first-order chi connectivity index (χ1) is 12.0. The van der Waals surface area contributed by atoms with Gasteiger partial charge >= 0.3 is 0 Å². The molecule has 2 heterocycles. The lowest BCUT2D eigenvalue weighted by Crippen LogP contribution is -2.41. The maximum atomic E-state index is 13.6. The van der Waals surface area contributed by atoms with Crippen LogP contribution >= 0.6 is 34.5 Å². The summed E-state index contributed by atoms with van der Waals surface area (Å²) >= 11 is 12.9. The van der Waals surface area contributed by atoms with Gasteiger partial charge in [-0.2, -0.15) is 0 Å². The van der Waals surface area contributed by atoms with Crippen LogP contribution < -0.4 is 5.32 Å². The number of amides is 2. The number of carbonyl (C=O) groups excluding carboxylic acids is 2. The van der Waals surface area contributed by atoms with Crippen molar-refractivity contribution in [2.24, 2.45) is 5.92 Å². The third-order valence-corrected chi connectivity index (χ3v) is 5.19. The number of benzene rings is 1. The van der Waals surface area contributed by atoms with E-state index >= 15 is 0 Å². The summed E-state index contributed by atoms with van der Waals surface area (Å²) in [5.74, 6) is -1.42. The van der Waals surface area contributed by atoms with E-state index in [0.717, 1.165) is 6.07 Å². The molecule has 1 aliphatic heterocycles. The van der Waals surface area contributed by atoms with Crippen LogP contribution in [0.25, 0.3) is 0 Å². The Morgan fingerprint density at radius 1 is 1.24 bits per heavy atom. The van der Waals surface area contributed by atoms with Crippen LogP contribution in [0.4, 0.5) is 9.52 Å². The summed E-state index contributed by atoms with van der Waals surface area (Å²) in [4.78, 5) is 26.3. The molecule has 2 amide bonds. The Hall–Kier alpha value is -1.77. The highest BCUT2D eigenvalue weighted by atomic mass is 35.5. The molecule has 1 aromatic heterocycles. The predicted molar refractivity (Wildman–Crippen MR) is 93.6 cm³/mol. The van der Waals surface area contributed by atoms with Gasteiger partial charge in [0.25, 0.3) is 5.91 Å². The van der Waals surface area contributed by atoms with Crippen LogP contribution in [0.5, 0.6) is 0 Å². The molecular weight excluding hydrogens is 390 g/mol. The van der Waals surface area contributed by atoms with Gasteiger partial charge in [-0.05, 0) is 25.0 Å². The second-order valence-corrected chi connectivity index (χ2v) is 7.19. The average Bonchev–Trinajstić information content (AvgIpc) is 3.10. The summed E-state index contributed by atoms with van der Waals surface area (Å²) in [7, 11) is 0. The van der Waals surface area contributed by atoms with E-state index in [0.29, 0.717) is 31.1 Å². The molecule has 6 nitrogen and oxygen atoms in total. The maximum Gasteiger partial charge on any atom is 0.255 e. The lowest BCUT2D eigenvalue weighted by atomic mass is 9.95. The van der Waals surface area contributed by atoms with Crippen LogP contribution in [0.3, 0.4) is 0 Å². The highest BCUT2D eigenvalue weighted by Crippen LogP contribution is 2.27. The van der Waals surface area contributed by atoms with Crippen molar-refractivity contribution in [2.45, 2.75) is 12.8 Å². The first-order valence-electron chi connectivity index (χ1n) is 7.46. The number of nitrogens with one attached hydrogen (secondary N) is 1. The van der Waals surface area contributed by atoms with Gasteiger partial charge in [0.15, 0.2) is 0 Å². The molecule has 1 saturated heterocycles. The van der Waals surface area contributed by atoms with Crippen molar-refractivity contribution in [3.8, 4) is 0 Å². The number of anilines is 1. The van der Waals surface area contributed by atoms with Gasteiger partial charge in [0.05, 0.1) is 15.6 Å². The summed E-state index contributed by atoms with van der Waals surface area (Å²) in [6.45, 7) is 0.765. The molecule has 25 heavy (non-hydrogen) atoms. The molecule has 0 unspecified atom stereocenters. The van der Waals surface area contributed by atoms with Crippen LogP contribution in [-0.4, -0.2) is 40.0 Å². The Kier molecular flexibility index (Phi) is 5.51. The van der Waals surface area contributed by atoms with E-state index in [9.17, 15) is 14.0 Å². The number of nitrogens with zero attached hydrogens (tertiary/aromatic N) is 3. The second-order valence-electron chi connectivity index (χ2n) is 5.55. The third-order valence-electron chi connectivity index (χ3n) is 3.98. The maximum absolute atomic E-state index is 13.6. The van der Waals surface area contributed by atoms with Gasteiger partial charge in [0, 0.05) is 19.0 Å². The van der Waals surface area contributed by atoms with Crippen molar-refractivity contribution >= 4 is 51.5 Å². The summed E-state index contributed by atoms with van der Waals surface area (Å²) in [5.41, 5.74) is 1.60. The monoisotopic (exact) mass is 402 g/mol. The molecule has 0 saturated carbocycles. The number of likely N-dealkylation sites (tertiary alicyclic amines) is 1. The number of hydrogen-bond donors (Lipinski definition) is 1. The van der Waals surface area contributed by atoms with Crippen LogP contribution in [0.1, 0.15) is 23.2 Å². The SMILES string of the molecule is O=C(Nc1nncs1)C1CCN(C(=O)c2cc(F)c(Cl)cc2Cl)CC1. The lowest BCUT2D eigenvalue weighted by Gasteiger charge is -2.31. The Labute approximate surface area is 156 Å². The minimum absolute atomic E-state index is 0.0697. The average molecular weight is 403 g/mol. The highest BCUT2D eigenvalue weighted by molar-refractivity contribution is 7.13. The van der Waals surface area contributed by atoms with Crippen molar-refractivity contribution in [3.05, 3.63) is 39.1 Å². The van der Waals surface area contributed by atoms with Gasteiger partial charge in [-0.1, -0.05) is 34.5 Å². The van der Waals surface area contributed by atoms with Gasteiger partial charge in [-0.3, -0.25) is 9.59 Å². The normalized spacial score (nSPS) is 15.2. The molecular formula is C15H13Cl2FN4O2S. The largest absolute Gasteiger partial charge is 0.339 e. The smallest absolute Gasteiger partial charge is 0.255 e. The molecule has 132 valence electrons. The van der Waals surface area contributed by atoms with E-state index < -0.39 is 5.82 Å². The molecule has 2 aromatic rings. The second kappa shape index (κ2) is 7.63. The first kappa shape index (κ1) is 18.0. The summed E-state index contributed by atoms with van der Waals surface area (Å²) in [6.07, 6.45) is 1.01. The minimum atomic E-state index is -0.694. The molecule has 0 atom stereocenters. The molecule has 10 heteroatoms. The third kappa shape index (κ3) is 4.08. The fourth-order valence-corrected chi connectivity index (χ4v) is 3.55. The van der Waals surface area contributed by atoms with Crippen molar-refractivity contribution in [1.29, 1.82) is 0 Å². The molecule has 0 spiro atoms. The molecule has 0 aliphatic carbocycles. The van der Waals surface area contributed by atoms with Crippen LogP contribution in [0.2, 0.25) is 10.0 Å². The number of carbonyl (C=O) groups is 2. The number of aromatic nitrogens is 2. The summed E-state index contributed by atoms with van der Waals surface area (Å²) < 4.78 is 13.6. The summed E-state index contributed by atoms with van der Waals surface area (Å²) in [6, 6.07) is 2.26.